The van der Waals surface area contributed by atoms with Crippen molar-refractivity contribution < 1.29 is 82.5 Å². The molecule has 5 aliphatic rings. The zero-order chi connectivity index (χ0) is 50.9. The van der Waals surface area contributed by atoms with Crippen LogP contribution in [0.2, 0.25) is 0 Å². The summed E-state index contributed by atoms with van der Waals surface area (Å²) in [5.74, 6) is -3.09. The Labute approximate surface area is 408 Å². The number of likely N-dealkylation sites (N-methyl/N-ethyl adjacent to an activating group) is 1. The molecule has 0 radical (unpaired) electrons. The molecule has 0 saturated carbocycles. The van der Waals surface area contributed by atoms with Crippen LogP contribution < -0.4 is 5.43 Å². The van der Waals surface area contributed by atoms with E-state index in [0.29, 0.717) is 45.7 Å². The molecule has 69 heavy (non-hydrogen) atoms. The minimum atomic E-state index is -1.48. The fourth-order valence-corrected chi connectivity index (χ4v) is 10.3. The Hall–Kier alpha value is -2.06. The summed E-state index contributed by atoms with van der Waals surface area (Å²) >= 11 is 0. The molecule has 5 rings (SSSR count). The highest BCUT2D eigenvalue weighted by Crippen LogP contribution is 2.37. The fourth-order valence-electron chi connectivity index (χ4n) is 10.3. The molecule has 0 amide bonds. The molecule has 5 heterocycles. The first-order chi connectivity index (χ1) is 32.6. The summed E-state index contributed by atoms with van der Waals surface area (Å²) < 4.78 is 61.1. The lowest BCUT2D eigenvalue weighted by molar-refractivity contribution is -0.342. The highest BCUT2D eigenvalue weighted by Gasteiger charge is 2.52. The Morgan fingerprint density at radius 1 is 0.855 bits per heavy atom. The van der Waals surface area contributed by atoms with Crippen LogP contribution in [0.3, 0.4) is 0 Å². The Morgan fingerprint density at radius 2 is 1.52 bits per heavy atom. The Morgan fingerprint density at radius 3 is 2.14 bits per heavy atom. The average Bonchev–Trinajstić information content (AvgIpc) is 3.30. The smallest absolute Gasteiger partial charge is 0.308 e. The number of morpholine rings is 1. The maximum atomic E-state index is 14.1. The van der Waals surface area contributed by atoms with Crippen LogP contribution in [-0.4, -0.2) is 219 Å². The Kier molecular flexibility index (Phi) is 22.0. The zero-order valence-corrected chi connectivity index (χ0v) is 42.9. The molecule has 20 nitrogen and oxygen atoms in total. The van der Waals surface area contributed by atoms with E-state index >= 15 is 0 Å². The number of hydrogen-bond acceptors (Lipinski definition) is 20. The van der Waals surface area contributed by atoms with E-state index < -0.39 is 140 Å². The van der Waals surface area contributed by atoms with Crippen molar-refractivity contribution in [2.24, 2.45) is 23.7 Å². The molecular formula is C49H85N3O17. The van der Waals surface area contributed by atoms with Gasteiger partial charge in [-0.25, -0.2) is 5.01 Å². The van der Waals surface area contributed by atoms with E-state index in [4.69, 9.17) is 47.4 Å². The Bertz CT molecular complexity index is 1670. The van der Waals surface area contributed by atoms with E-state index in [1.165, 1.54) is 21.1 Å². The van der Waals surface area contributed by atoms with Crippen molar-refractivity contribution in [3.63, 3.8) is 0 Å². The largest absolute Gasteiger partial charge is 0.462 e. The van der Waals surface area contributed by atoms with E-state index in [9.17, 15) is 35.1 Å². The summed E-state index contributed by atoms with van der Waals surface area (Å²) in [5.41, 5.74) is 2.75. The lowest BCUT2D eigenvalue weighted by atomic mass is 9.81. The number of carbonyl (C=O) groups is 2. The van der Waals surface area contributed by atoms with Gasteiger partial charge in [-0.05, 0) is 67.6 Å². The van der Waals surface area contributed by atoms with Gasteiger partial charge in [-0.3, -0.25) is 15.0 Å². The molecule has 6 N–H and O–H groups in total. The number of hydrazine groups is 1. The van der Waals surface area contributed by atoms with Crippen LogP contribution in [0, 0.1) is 23.7 Å². The number of nitrogens with zero attached hydrogens (tertiary/aromatic N) is 2. The number of esters is 1. The number of cyclic esters (lactones) is 1. The fraction of sp³-hybridized carbons (Fsp3) is 0.878. The summed E-state index contributed by atoms with van der Waals surface area (Å²) in [7, 11) is 6.55. The van der Waals surface area contributed by atoms with Crippen molar-refractivity contribution in [2.75, 3.05) is 67.8 Å². The summed E-state index contributed by atoms with van der Waals surface area (Å²) in [5, 5.41) is 58.6. The quantitative estimate of drug-likeness (QED) is 0.133. The first-order valence-electron chi connectivity index (χ1n) is 24.8. The van der Waals surface area contributed by atoms with Crippen LogP contribution in [0.25, 0.3) is 0 Å². The third-order valence-corrected chi connectivity index (χ3v) is 14.6. The maximum absolute atomic E-state index is 14.1. The second-order valence-electron chi connectivity index (χ2n) is 20.3. The molecule has 21 atom stereocenters. The van der Waals surface area contributed by atoms with Crippen molar-refractivity contribution >= 4 is 11.8 Å². The van der Waals surface area contributed by atoms with Gasteiger partial charge in [0.1, 0.15) is 42.7 Å². The van der Waals surface area contributed by atoms with Crippen LogP contribution >= 0.6 is 0 Å². The number of methoxy groups -OCH3 is 2. The molecular weight excluding hydrogens is 903 g/mol. The highest BCUT2D eigenvalue weighted by molar-refractivity contribution is 5.91. The zero-order valence-electron chi connectivity index (χ0n) is 42.9. The van der Waals surface area contributed by atoms with Gasteiger partial charge in [0.15, 0.2) is 24.7 Å². The van der Waals surface area contributed by atoms with Crippen molar-refractivity contribution in [1.82, 2.24) is 15.3 Å². The standard InChI is InChI=1S/C49H85N3O17/c1-13-36-33(25-63-48-45(61-12)44(60-11)40(56)29(5)65-48)20-26(2)14-15-34(53)27(3)21-32(24-50-52-16-18-62-19-17-52)42(28(4)35(54)22-37(55)67-36)69-47-41(57)39(51(9)10)43(30(6)66-47)68-38-23-49(8,59)46(58)31(7)64-38/h14-15,20,27-33,35-36,38-48,50,54,56-59H,13,16-19,21-25H2,1-12H3/b15-14-,26-20+/t27-,28+,29-,30-,31+,32-,33-,35-,36?,38+,39-,40-,41-,42?,43-,44-,45-,46+,47+,48-,49-/m1/s1. The molecule has 0 aromatic carbocycles. The SMILES string of the molecule is CCC1OC(=O)C[C@@H](O)[C@H](C)C(O[C@@H]2O[C@H](C)[C@@H](O[C@H]3C[C@@](C)(O)[C@@H](O)[C@H](C)O3)[C@H](N(C)C)[C@H]2O)[C@@H](CNN2CCOCC2)C[C@@H](C)C(=O)/C=C\C(C)=C\[C@@H]1CO[C@@H]1O[C@H](C)[C@@H](O)[C@@H](OC)[C@H]1OC. The lowest BCUT2D eigenvalue weighted by Gasteiger charge is -2.50. The van der Waals surface area contributed by atoms with Crippen LogP contribution in [-0.2, 0) is 57.0 Å². The van der Waals surface area contributed by atoms with Gasteiger partial charge in [-0.15, -0.1) is 0 Å². The van der Waals surface area contributed by atoms with Gasteiger partial charge in [0.25, 0.3) is 0 Å². The number of ether oxygens (including phenoxy) is 10. The van der Waals surface area contributed by atoms with E-state index in [0.717, 1.165) is 5.57 Å². The summed E-state index contributed by atoms with van der Waals surface area (Å²) in [6.07, 6.45) is -8.30. The van der Waals surface area contributed by atoms with Crippen LogP contribution in [0.5, 0.6) is 0 Å². The predicted octanol–water partition coefficient (Wildman–Crippen LogP) is 1.08. The van der Waals surface area contributed by atoms with E-state index in [-0.39, 0.29) is 18.8 Å². The van der Waals surface area contributed by atoms with Crippen molar-refractivity contribution in [3.05, 3.63) is 23.8 Å². The second-order valence-corrected chi connectivity index (χ2v) is 20.3. The monoisotopic (exact) mass is 988 g/mol. The molecule has 398 valence electrons. The van der Waals surface area contributed by atoms with Gasteiger partial charge in [0.2, 0.25) is 0 Å². The van der Waals surface area contributed by atoms with Crippen molar-refractivity contribution in [2.45, 2.75) is 185 Å². The molecule has 0 aliphatic carbocycles. The van der Waals surface area contributed by atoms with Gasteiger partial charge in [0.05, 0.1) is 68.4 Å². The molecule has 5 aliphatic heterocycles. The number of allylic oxidation sites excluding steroid dienone is 3. The van der Waals surface area contributed by atoms with E-state index in [2.05, 4.69) is 5.43 Å². The van der Waals surface area contributed by atoms with Crippen LogP contribution in [0.15, 0.2) is 23.8 Å². The number of ketones is 1. The molecule has 0 spiro atoms. The van der Waals surface area contributed by atoms with Crippen molar-refractivity contribution in [1.29, 1.82) is 0 Å². The first-order valence-corrected chi connectivity index (χ1v) is 24.8. The third-order valence-electron chi connectivity index (χ3n) is 14.6. The third kappa shape index (κ3) is 15.0. The van der Waals surface area contributed by atoms with Gasteiger partial charge in [0, 0.05) is 63.9 Å². The normalized spacial score (nSPS) is 45.2. The number of rotatable bonds is 14. The first kappa shape index (κ1) is 57.8. The molecule has 4 fully saturated rings. The molecule has 0 aromatic heterocycles. The minimum absolute atomic E-state index is 0.0104. The van der Waals surface area contributed by atoms with Gasteiger partial charge >= 0.3 is 5.97 Å². The van der Waals surface area contributed by atoms with E-state index in [1.807, 2.05) is 31.9 Å². The highest BCUT2D eigenvalue weighted by atomic mass is 16.7. The molecule has 20 heteroatoms. The van der Waals surface area contributed by atoms with Crippen LogP contribution in [0.4, 0.5) is 0 Å². The van der Waals surface area contributed by atoms with Crippen LogP contribution in [0.1, 0.15) is 81.1 Å². The molecule has 0 aromatic rings. The summed E-state index contributed by atoms with van der Waals surface area (Å²) in [4.78, 5) is 29.9. The minimum Gasteiger partial charge on any atom is -0.462 e. The average molecular weight is 988 g/mol. The van der Waals surface area contributed by atoms with Gasteiger partial charge in [-0.2, -0.15) is 0 Å². The molecule has 0 bridgehead atoms. The topological polar surface area (TPSA) is 246 Å². The second kappa shape index (κ2) is 26.2. The van der Waals surface area contributed by atoms with Crippen molar-refractivity contribution in [3.8, 4) is 0 Å². The number of aliphatic hydroxyl groups is 5. The predicted molar refractivity (Wildman–Crippen MR) is 250 cm³/mol. The molecule has 4 saturated heterocycles. The summed E-state index contributed by atoms with van der Waals surface area (Å²) in [6, 6.07) is -0.716. The van der Waals surface area contributed by atoms with Gasteiger partial charge in [-0.1, -0.05) is 38.5 Å². The van der Waals surface area contributed by atoms with E-state index in [1.54, 1.807) is 58.8 Å². The number of hydrogen-bond donors (Lipinski definition) is 6. The molecule has 2 unspecified atom stereocenters. The Balaban J connectivity index is 1.44. The summed E-state index contributed by atoms with van der Waals surface area (Å²) in [6.45, 7) is 16.7. The number of nitrogens with one attached hydrogen (secondary N) is 1. The van der Waals surface area contributed by atoms with Gasteiger partial charge < -0.3 is 77.8 Å². The number of aliphatic hydroxyl groups excluding tert-OH is 4. The lowest BCUT2D eigenvalue weighted by Crippen LogP contribution is -2.65. The maximum Gasteiger partial charge on any atom is 0.308 e. The number of carbonyl (C=O) groups excluding carboxylic acids is 2.